The van der Waals surface area contributed by atoms with Gasteiger partial charge in [-0.3, -0.25) is 0 Å². The van der Waals surface area contributed by atoms with Crippen LogP contribution >= 0.6 is 0 Å². The fraction of sp³-hybridized carbons (Fsp3) is 0.481. The van der Waals surface area contributed by atoms with Gasteiger partial charge in [0.05, 0.1) is 0 Å². The summed E-state index contributed by atoms with van der Waals surface area (Å²) in [6, 6.07) is 12.3. The molecule has 0 radical (unpaired) electrons. The molecule has 2 aliphatic rings. The van der Waals surface area contributed by atoms with Crippen molar-refractivity contribution in [1.82, 2.24) is 9.80 Å². The summed E-state index contributed by atoms with van der Waals surface area (Å²) in [6.07, 6.45) is 2.06. The van der Waals surface area contributed by atoms with Gasteiger partial charge in [0, 0.05) is 67.6 Å². The molecule has 182 valence electrons. The Kier molecular flexibility index (Phi) is 10.1. The van der Waals surface area contributed by atoms with Crippen LogP contribution in [0.25, 0.3) is 0 Å². The highest BCUT2D eigenvalue weighted by Crippen LogP contribution is 2.34. The molecular formula is C27H44N6. The summed E-state index contributed by atoms with van der Waals surface area (Å²) in [5.41, 5.74) is 19.8. The molecular weight excluding hydrogens is 408 g/mol. The van der Waals surface area contributed by atoms with E-state index >= 15 is 0 Å². The lowest BCUT2D eigenvalue weighted by Gasteiger charge is -2.22. The molecule has 0 atom stereocenters. The molecule has 2 aliphatic heterocycles. The van der Waals surface area contributed by atoms with Gasteiger partial charge in [0.2, 0.25) is 0 Å². The number of nitrogens with two attached hydrogens (primary N) is 2. The summed E-state index contributed by atoms with van der Waals surface area (Å²) in [5.74, 6) is 0. The van der Waals surface area contributed by atoms with Gasteiger partial charge in [-0.2, -0.15) is 0 Å². The van der Waals surface area contributed by atoms with E-state index in [-0.39, 0.29) is 0 Å². The highest BCUT2D eigenvalue weighted by Gasteiger charge is 2.22. The minimum absolute atomic E-state index is 0.834. The van der Waals surface area contributed by atoms with Gasteiger partial charge in [-0.15, -0.1) is 0 Å². The van der Waals surface area contributed by atoms with Crippen LogP contribution in [-0.2, 0) is 12.8 Å². The molecule has 0 fully saturated rings. The maximum Gasteiger partial charge on any atom is 0.0446 e. The molecule has 4 N–H and O–H groups in total. The molecule has 0 saturated carbocycles. The smallest absolute Gasteiger partial charge is 0.0446 e. The average molecular weight is 453 g/mol. The van der Waals surface area contributed by atoms with Gasteiger partial charge < -0.3 is 31.1 Å². The lowest BCUT2D eigenvalue weighted by atomic mass is 10.1. The number of benzene rings is 2. The second-order valence-electron chi connectivity index (χ2n) is 9.01. The van der Waals surface area contributed by atoms with Gasteiger partial charge in [0.1, 0.15) is 0 Å². The first-order valence-electron chi connectivity index (χ1n) is 12.0. The van der Waals surface area contributed by atoms with Gasteiger partial charge in [-0.1, -0.05) is 20.4 Å². The van der Waals surface area contributed by atoms with Crippen LogP contribution in [0.1, 0.15) is 25.0 Å². The summed E-state index contributed by atoms with van der Waals surface area (Å²) < 4.78 is 0. The second-order valence-corrected chi connectivity index (χ2v) is 9.01. The van der Waals surface area contributed by atoms with E-state index in [1.54, 1.807) is 0 Å². The predicted molar refractivity (Wildman–Crippen MR) is 146 cm³/mol. The summed E-state index contributed by atoms with van der Waals surface area (Å²) in [7, 11) is 8.39. The number of anilines is 4. The van der Waals surface area contributed by atoms with Crippen LogP contribution in [0.2, 0.25) is 0 Å². The first-order chi connectivity index (χ1) is 15.7. The number of allylic oxidation sites excluding steroid dienone is 1. The van der Waals surface area contributed by atoms with Gasteiger partial charge in [-0.05, 0) is 82.1 Å². The van der Waals surface area contributed by atoms with Crippen molar-refractivity contribution < 1.29 is 0 Å². The number of fused-ring (bicyclic) bond motifs is 2. The monoisotopic (exact) mass is 452 g/mol. The standard InChI is InChI=1S/C13H19N3.C12H19N3.C2H6/c1-10-8-11-9-12(14)4-5-13(11)16(10)7-6-15(2)3;1-14(2)7-8-15-6-5-10-9-11(13)3-4-12(10)15;1-2/h4-5,9H,1,6-8,14H2,2-3H3;3-4,9H,5-8,13H2,1-2H3;1-2H3. The molecule has 6 nitrogen and oxygen atoms in total. The molecule has 0 spiro atoms. The third-order valence-electron chi connectivity index (χ3n) is 5.85. The van der Waals surface area contributed by atoms with E-state index in [0.717, 1.165) is 56.9 Å². The zero-order valence-corrected chi connectivity index (χ0v) is 21.6. The summed E-state index contributed by atoms with van der Waals surface area (Å²) in [5, 5.41) is 0. The van der Waals surface area contributed by atoms with Crippen LogP contribution in [0.5, 0.6) is 0 Å². The van der Waals surface area contributed by atoms with E-state index in [1.165, 1.54) is 28.2 Å². The van der Waals surface area contributed by atoms with Crippen LogP contribution in [0, 0.1) is 0 Å². The van der Waals surface area contributed by atoms with Gasteiger partial charge in [0.15, 0.2) is 0 Å². The number of likely N-dealkylation sites (N-methyl/N-ethyl adjacent to an activating group) is 2. The summed E-state index contributed by atoms with van der Waals surface area (Å²) in [4.78, 5) is 9.13. The van der Waals surface area contributed by atoms with E-state index in [2.05, 4.69) is 78.6 Å². The number of hydrogen-bond donors (Lipinski definition) is 2. The average Bonchev–Trinajstić information content (AvgIpc) is 3.31. The molecule has 0 aromatic heterocycles. The van der Waals surface area contributed by atoms with Crippen molar-refractivity contribution in [2.45, 2.75) is 26.7 Å². The lowest BCUT2D eigenvalue weighted by Crippen LogP contribution is -2.30. The van der Waals surface area contributed by atoms with E-state index in [1.807, 2.05) is 26.0 Å². The van der Waals surface area contributed by atoms with E-state index in [0.29, 0.717) is 0 Å². The summed E-state index contributed by atoms with van der Waals surface area (Å²) >= 11 is 0. The van der Waals surface area contributed by atoms with Gasteiger partial charge in [-0.25, -0.2) is 0 Å². The fourth-order valence-electron chi connectivity index (χ4n) is 4.12. The molecule has 0 aliphatic carbocycles. The third-order valence-corrected chi connectivity index (χ3v) is 5.85. The zero-order valence-electron chi connectivity index (χ0n) is 21.6. The first kappa shape index (κ1) is 26.6. The van der Waals surface area contributed by atoms with Crippen molar-refractivity contribution in [2.75, 3.05) is 82.2 Å². The minimum atomic E-state index is 0.834. The number of hydrogen-bond acceptors (Lipinski definition) is 6. The molecule has 0 unspecified atom stereocenters. The largest absolute Gasteiger partial charge is 0.399 e. The Morgan fingerprint density at radius 2 is 1.36 bits per heavy atom. The molecule has 4 rings (SSSR count). The third kappa shape index (κ3) is 7.41. The lowest BCUT2D eigenvalue weighted by molar-refractivity contribution is 0.414. The molecule has 33 heavy (non-hydrogen) atoms. The van der Waals surface area contributed by atoms with Crippen molar-refractivity contribution in [1.29, 1.82) is 0 Å². The molecule has 0 amide bonds. The Balaban J connectivity index is 0.000000218. The van der Waals surface area contributed by atoms with Crippen molar-refractivity contribution >= 4 is 22.7 Å². The maximum absolute atomic E-state index is 5.79. The highest BCUT2D eigenvalue weighted by molar-refractivity contribution is 5.68. The maximum atomic E-state index is 5.79. The Bertz CT molecular complexity index is 905. The summed E-state index contributed by atoms with van der Waals surface area (Å²) in [6.45, 7) is 13.5. The Hall–Kier alpha value is -2.70. The number of rotatable bonds is 6. The van der Waals surface area contributed by atoms with Gasteiger partial charge in [0.25, 0.3) is 0 Å². The zero-order chi connectivity index (χ0) is 24.5. The first-order valence-corrected chi connectivity index (χ1v) is 12.0. The molecule has 0 saturated heterocycles. The van der Waals surface area contributed by atoms with Crippen molar-refractivity contribution in [2.24, 2.45) is 0 Å². The normalized spacial score (nSPS) is 14.0. The topological polar surface area (TPSA) is 65.0 Å². The Labute approximate surface area is 201 Å². The van der Waals surface area contributed by atoms with Crippen molar-refractivity contribution in [3.63, 3.8) is 0 Å². The molecule has 0 bridgehead atoms. The Morgan fingerprint density at radius 1 is 0.818 bits per heavy atom. The quantitative estimate of drug-likeness (QED) is 0.648. The number of nitrogens with zero attached hydrogens (tertiary/aromatic N) is 4. The molecule has 2 aromatic rings. The molecule has 6 heteroatoms. The van der Waals surface area contributed by atoms with E-state index in [9.17, 15) is 0 Å². The van der Waals surface area contributed by atoms with Crippen LogP contribution in [0.3, 0.4) is 0 Å². The molecule has 2 heterocycles. The Morgan fingerprint density at radius 3 is 1.97 bits per heavy atom. The van der Waals surface area contributed by atoms with Crippen LogP contribution in [-0.4, -0.2) is 70.7 Å². The fourth-order valence-corrected chi connectivity index (χ4v) is 4.12. The van der Waals surface area contributed by atoms with Crippen LogP contribution < -0.4 is 21.3 Å². The number of nitrogen functional groups attached to an aromatic ring is 2. The van der Waals surface area contributed by atoms with Crippen molar-refractivity contribution in [3.8, 4) is 0 Å². The molecule has 2 aromatic carbocycles. The second kappa shape index (κ2) is 12.5. The van der Waals surface area contributed by atoms with Crippen LogP contribution in [0.15, 0.2) is 48.7 Å². The van der Waals surface area contributed by atoms with E-state index < -0.39 is 0 Å². The van der Waals surface area contributed by atoms with Gasteiger partial charge >= 0.3 is 0 Å². The minimum Gasteiger partial charge on any atom is -0.399 e. The van der Waals surface area contributed by atoms with E-state index in [4.69, 9.17) is 11.5 Å². The predicted octanol–water partition coefficient (Wildman–Crippen LogP) is 3.93. The SMILES string of the molecule is C=C1Cc2cc(N)ccc2N1CCN(C)C.CC.CN(C)CCN1CCc2cc(N)ccc21. The van der Waals surface area contributed by atoms with Crippen LogP contribution in [0.4, 0.5) is 22.7 Å². The highest BCUT2D eigenvalue weighted by atomic mass is 15.2. The van der Waals surface area contributed by atoms with Crippen molar-refractivity contribution in [3.05, 3.63) is 59.8 Å².